The van der Waals surface area contributed by atoms with Crippen molar-refractivity contribution in [1.29, 1.82) is 0 Å². The molecule has 6 rings (SSSR count). The van der Waals surface area contributed by atoms with Crippen LogP contribution in [0.1, 0.15) is 38.5 Å². The van der Waals surface area contributed by atoms with Crippen molar-refractivity contribution < 1.29 is 0 Å². The molecule has 0 aromatic heterocycles. The first-order chi connectivity index (χ1) is 10.6. The second kappa shape index (κ2) is 4.15. The van der Waals surface area contributed by atoms with Gasteiger partial charge in [-0.1, -0.05) is 24.3 Å². The Balaban J connectivity index is 1.73. The summed E-state index contributed by atoms with van der Waals surface area (Å²) in [5.41, 5.74) is -0.426. The molecule has 3 nitrogen and oxygen atoms in total. The molecule has 4 bridgehead atoms. The molecule has 0 spiro atoms. The SMILES string of the molecule is O=c1c(=NC23CC4CC(CC(C4)C2)C3)c(=O)c2ccccc12. The fourth-order valence-corrected chi connectivity index (χ4v) is 5.78. The topological polar surface area (TPSA) is 46.5 Å². The molecule has 0 atom stereocenters. The molecule has 4 aliphatic carbocycles. The van der Waals surface area contributed by atoms with E-state index in [1.807, 2.05) is 12.1 Å². The summed E-state index contributed by atoms with van der Waals surface area (Å²) in [6, 6.07) is 7.13. The maximum Gasteiger partial charge on any atom is 0.215 e. The van der Waals surface area contributed by atoms with E-state index in [0.717, 1.165) is 37.0 Å². The van der Waals surface area contributed by atoms with E-state index in [1.54, 1.807) is 12.1 Å². The van der Waals surface area contributed by atoms with Crippen LogP contribution in [0.2, 0.25) is 0 Å². The van der Waals surface area contributed by atoms with Gasteiger partial charge < -0.3 is 0 Å². The van der Waals surface area contributed by atoms with E-state index in [2.05, 4.69) is 0 Å². The number of rotatable bonds is 1. The summed E-state index contributed by atoms with van der Waals surface area (Å²) in [6.45, 7) is 0. The van der Waals surface area contributed by atoms with Gasteiger partial charge in [0.2, 0.25) is 10.9 Å². The number of hydrogen-bond acceptors (Lipinski definition) is 3. The van der Waals surface area contributed by atoms with E-state index < -0.39 is 0 Å². The van der Waals surface area contributed by atoms with E-state index in [-0.39, 0.29) is 21.8 Å². The van der Waals surface area contributed by atoms with Crippen LogP contribution in [0.4, 0.5) is 0 Å². The van der Waals surface area contributed by atoms with Crippen LogP contribution in [0.15, 0.2) is 38.8 Å². The zero-order valence-electron chi connectivity index (χ0n) is 12.5. The quantitative estimate of drug-likeness (QED) is 0.810. The zero-order chi connectivity index (χ0) is 14.9. The van der Waals surface area contributed by atoms with Crippen LogP contribution in [0.25, 0.3) is 10.8 Å². The van der Waals surface area contributed by atoms with Crippen molar-refractivity contribution in [2.24, 2.45) is 22.7 Å². The first kappa shape index (κ1) is 12.7. The monoisotopic (exact) mass is 293 g/mol. The second-order valence-corrected chi connectivity index (χ2v) is 7.81. The summed E-state index contributed by atoms with van der Waals surface area (Å²) in [7, 11) is 0. The lowest BCUT2D eigenvalue weighted by Gasteiger charge is -2.54. The molecule has 4 saturated carbocycles. The molecular formula is C19H19NO2. The first-order valence-electron chi connectivity index (χ1n) is 8.42. The molecule has 22 heavy (non-hydrogen) atoms. The molecule has 4 aliphatic rings. The molecule has 112 valence electrons. The largest absolute Gasteiger partial charge is 0.287 e. The fraction of sp³-hybridized carbons (Fsp3) is 0.526. The minimum absolute atomic E-state index is 0.114. The van der Waals surface area contributed by atoms with Crippen molar-refractivity contribution in [3.63, 3.8) is 0 Å². The zero-order valence-corrected chi connectivity index (χ0v) is 12.5. The van der Waals surface area contributed by atoms with Crippen molar-refractivity contribution in [3.05, 3.63) is 50.1 Å². The van der Waals surface area contributed by atoms with E-state index in [0.29, 0.717) is 10.8 Å². The van der Waals surface area contributed by atoms with Crippen molar-refractivity contribution in [1.82, 2.24) is 0 Å². The van der Waals surface area contributed by atoms with E-state index in [9.17, 15) is 9.59 Å². The van der Waals surface area contributed by atoms with Crippen LogP contribution in [-0.4, -0.2) is 5.54 Å². The Labute approximate surface area is 128 Å². The predicted octanol–water partition coefficient (Wildman–Crippen LogP) is 2.31. The van der Waals surface area contributed by atoms with Crippen molar-refractivity contribution in [3.8, 4) is 0 Å². The molecule has 0 heterocycles. The Morgan fingerprint density at radius 3 is 1.73 bits per heavy atom. The maximum absolute atomic E-state index is 12.6. The molecule has 0 N–H and O–H groups in total. The number of nitrogens with zero attached hydrogens (tertiary/aromatic N) is 1. The molecule has 0 amide bonds. The van der Waals surface area contributed by atoms with E-state index in [4.69, 9.17) is 4.99 Å². The number of hydrogen-bond donors (Lipinski definition) is 0. The summed E-state index contributed by atoms with van der Waals surface area (Å²) >= 11 is 0. The highest BCUT2D eigenvalue weighted by Crippen LogP contribution is 2.56. The third-order valence-corrected chi connectivity index (χ3v) is 6.20. The lowest BCUT2D eigenvalue weighted by molar-refractivity contribution is -0.000248. The van der Waals surface area contributed by atoms with Crippen molar-refractivity contribution >= 4 is 10.8 Å². The summed E-state index contributed by atoms with van der Waals surface area (Å²) in [6.07, 6.45) is 7.27. The normalized spacial score (nSPS) is 36.1. The average molecular weight is 293 g/mol. The van der Waals surface area contributed by atoms with Gasteiger partial charge in [-0.25, -0.2) is 0 Å². The Bertz CT molecular complexity index is 832. The molecule has 3 heteroatoms. The van der Waals surface area contributed by atoms with Crippen LogP contribution < -0.4 is 16.2 Å². The molecule has 0 saturated heterocycles. The molecule has 0 unspecified atom stereocenters. The molecule has 0 radical (unpaired) electrons. The summed E-state index contributed by atoms with van der Waals surface area (Å²) in [5.74, 6) is 2.30. The third kappa shape index (κ3) is 1.65. The smallest absolute Gasteiger partial charge is 0.215 e. The highest BCUT2D eigenvalue weighted by Gasteiger charge is 2.51. The molecular weight excluding hydrogens is 274 g/mol. The average Bonchev–Trinajstić information content (AvgIpc) is 2.71. The summed E-state index contributed by atoms with van der Waals surface area (Å²) < 4.78 is 0. The molecule has 2 aromatic rings. The molecule has 4 fully saturated rings. The van der Waals surface area contributed by atoms with Gasteiger partial charge >= 0.3 is 0 Å². The number of benzene rings is 1. The van der Waals surface area contributed by atoms with Gasteiger partial charge in [-0.2, -0.15) is 0 Å². The third-order valence-electron chi connectivity index (χ3n) is 6.20. The van der Waals surface area contributed by atoms with Gasteiger partial charge in [0, 0.05) is 10.8 Å². The summed E-state index contributed by atoms with van der Waals surface area (Å²) in [5, 5.41) is 1.29. The van der Waals surface area contributed by atoms with Crippen LogP contribution >= 0.6 is 0 Å². The fourth-order valence-electron chi connectivity index (χ4n) is 5.78. The number of fused-ring (bicyclic) bond motifs is 1. The Kier molecular flexibility index (Phi) is 2.41. The first-order valence-corrected chi connectivity index (χ1v) is 8.42. The van der Waals surface area contributed by atoms with Crippen molar-refractivity contribution in [2.75, 3.05) is 0 Å². The van der Waals surface area contributed by atoms with Crippen LogP contribution in [0.5, 0.6) is 0 Å². The van der Waals surface area contributed by atoms with Gasteiger partial charge in [0.05, 0.1) is 5.54 Å². The Hall–Kier alpha value is -1.77. The van der Waals surface area contributed by atoms with E-state index >= 15 is 0 Å². The van der Waals surface area contributed by atoms with E-state index in [1.165, 1.54) is 19.3 Å². The van der Waals surface area contributed by atoms with Crippen LogP contribution in [0, 0.1) is 17.8 Å². The van der Waals surface area contributed by atoms with Crippen molar-refractivity contribution in [2.45, 2.75) is 44.1 Å². The van der Waals surface area contributed by atoms with Crippen LogP contribution in [-0.2, 0) is 0 Å². The molecule has 0 aliphatic heterocycles. The minimum atomic E-state index is -0.156. The summed E-state index contributed by atoms with van der Waals surface area (Å²) in [4.78, 5) is 30.0. The lowest BCUT2D eigenvalue weighted by Crippen LogP contribution is -2.51. The van der Waals surface area contributed by atoms with Gasteiger partial charge in [0.25, 0.3) is 0 Å². The highest BCUT2D eigenvalue weighted by atomic mass is 16.1. The lowest BCUT2D eigenvalue weighted by atomic mass is 9.53. The predicted molar refractivity (Wildman–Crippen MR) is 85.3 cm³/mol. The second-order valence-electron chi connectivity index (χ2n) is 7.81. The maximum atomic E-state index is 12.6. The molecule has 2 aromatic carbocycles. The minimum Gasteiger partial charge on any atom is -0.287 e. The van der Waals surface area contributed by atoms with Gasteiger partial charge in [0.1, 0.15) is 0 Å². The van der Waals surface area contributed by atoms with Gasteiger partial charge in [-0.3, -0.25) is 14.6 Å². The van der Waals surface area contributed by atoms with Crippen LogP contribution in [0.3, 0.4) is 0 Å². The van der Waals surface area contributed by atoms with Gasteiger partial charge in [-0.05, 0) is 56.3 Å². The Morgan fingerprint density at radius 2 is 1.27 bits per heavy atom. The highest BCUT2D eigenvalue weighted by molar-refractivity contribution is 5.83. The van der Waals surface area contributed by atoms with Gasteiger partial charge in [-0.15, -0.1) is 0 Å². The van der Waals surface area contributed by atoms with Gasteiger partial charge in [0.15, 0.2) is 5.36 Å². The standard InChI is InChI=1S/C19H19NO2/c21-17-14-3-1-2-4-15(14)18(22)16(17)20-19-8-11-5-12(9-19)7-13(6-11)10-19/h1-4,11-13H,5-10H2. The Morgan fingerprint density at radius 1 is 0.818 bits per heavy atom.